The Kier molecular flexibility index (Phi) is 4.80. The Morgan fingerprint density at radius 1 is 1.28 bits per heavy atom. The van der Waals surface area contributed by atoms with Crippen LogP contribution in [0.15, 0.2) is 35.5 Å². The Bertz CT molecular complexity index is 793. The molecule has 2 aromatic rings. The van der Waals surface area contributed by atoms with Gasteiger partial charge in [-0.25, -0.2) is 4.98 Å². The molecular weight excluding hydrogens is 357 g/mol. The first-order chi connectivity index (χ1) is 11.9. The van der Waals surface area contributed by atoms with Crippen molar-refractivity contribution in [3.63, 3.8) is 0 Å². The molecule has 2 heterocycles. The fourth-order valence-electron chi connectivity index (χ4n) is 2.40. The van der Waals surface area contributed by atoms with Crippen molar-refractivity contribution < 1.29 is 17.9 Å². The normalized spacial score (nSPS) is 17.2. The molecule has 0 amide bonds. The van der Waals surface area contributed by atoms with Gasteiger partial charge in [-0.1, -0.05) is 23.7 Å². The number of halogens is 4. The molecular formula is C16H14ClF3N4O. The van der Waals surface area contributed by atoms with Crippen molar-refractivity contribution in [2.75, 3.05) is 13.2 Å². The number of aliphatic imine (C=N–C) groups is 1. The maximum Gasteiger partial charge on any atom is 0.451 e. The van der Waals surface area contributed by atoms with Crippen molar-refractivity contribution in [1.29, 1.82) is 0 Å². The topological polar surface area (TPSA) is 59.4 Å². The van der Waals surface area contributed by atoms with E-state index in [9.17, 15) is 13.2 Å². The summed E-state index contributed by atoms with van der Waals surface area (Å²) in [7, 11) is 0. The second-order valence-corrected chi connectivity index (χ2v) is 5.72. The summed E-state index contributed by atoms with van der Waals surface area (Å²) >= 11 is 5.88. The summed E-state index contributed by atoms with van der Waals surface area (Å²) in [4.78, 5) is 11.2. The molecule has 3 rings (SSSR count). The number of hydrogen-bond donors (Lipinski definition) is 1. The molecule has 0 radical (unpaired) electrons. The fourth-order valence-corrected chi connectivity index (χ4v) is 2.52. The first-order valence-corrected chi connectivity index (χ1v) is 7.90. The van der Waals surface area contributed by atoms with Crippen LogP contribution in [0, 0.1) is 0 Å². The summed E-state index contributed by atoms with van der Waals surface area (Å²) < 4.78 is 43.6. The molecule has 132 valence electrons. The first-order valence-electron chi connectivity index (χ1n) is 7.52. The van der Waals surface area contributed by atoms with Crippen molar-refractivity contribution in [3.05, 3.63) is 52.4 Å². The highest BCUT2D eigenvalue weighted by Gasteiger charge is 2.36. The molecule has 0 saturated carbocycles. The summed E-state index contributed by atoms with van der Waals surface area (Å²) in [6.07, 6.45) is -3.56. The van der Waals surface area contributed by atoms with E-state index in [0.29, 0.717) is 23.0 Å². The van der Waals surface area contributed by atoms with E-state index in [0.717, 1.165) is 11.8 Å². The van der Waals surface area contributed by atoms with Crippen LogP contribution in [0.5, 0.6) is 5.88 Å². The lowest BCUT2D eigenvalue weighted by atomic mass is 10.1. The minimum Gasteiger partial charge on any atom is -0.477 e. The third-order valence-corrected chi connectivity index (χ3v) is 3.81. The molecule has 0 saturated heterocycles. The van der Waals surface area contributed by atoms with Crippen molar-refractivity contribution >= 4 is 17.4 Å². The number of hydrogen-bond acceptors (Lipinski definition) is 5. The van der Waals surface area contributed by atoms with Crippen LogP contribution in [0.3, 0.4) is 0 Å². The van der Waals surface area contributed by atoms with Gasteiger partial charge in [-0.3, -0.25) is 4.99 Å². The maximum absolute atomic E-state index is 12.8. The van der Waals surface area contributed by atoms with Gasteiger partial charge in [0, 0.05) is 11.2 Å². The van der Waals surface area contributed by atoms with E-state index in [4.69, 9.17) is 16.3 Å². The highest BCUT2D eigenvalue weighted by molar-refractivity contribution is 6.30. The molecule has 1 N–H and O–H groups in total. The predicted molar refractivity (Wildman–Crippen MR) is 86.9 cm³/mol. The molecule has 1 unspecified atom stereocenters. The van der Waals surface area contributed by atoms with Crippen LogP contribution in [-0.4, -0.2) is 29.0 Å². The van der Waals surface area contributed by atoms with Gasteiger partial charge in [-0.2, -0.15) is 18.2 Å². The molecule has 1 aliphatic heterocycles. The monoisotopic (exact) mass is 370 g/mol. The van der Waals surface area contributed by atoms with Crippen LogP contribution >= 0.6 is 11.6 Å². The van der Waals surface area contributed by atoms with Gasteiger partial charge >= 0.3 is 6.18 Å². The largest absolute Gasteiger partial charge is 0.477 e. The average molecular weight is 371 g/mol. The van der Waals surface area contributed by atoms with Crippen LogP contribution in [0.4, 0.5) is 13.2 Å². The smallest absolute Gasteiger partial charge is 0.451 e. The number of benzene rings is 1. The van der Waals surface area contributed by atoms with E-state index in [-0.39, 0.29) is 18.5 Å². The first kappa shape index (κ1) is 17.5. The van der Waals surface area contributed by atoms with Gasteiger partial charge in [0.2, 0.25) is 11.7 Å². The predicted octanol–water partition coefficient (Wildman–Crippen LogP) is 3.64. The molecule has 1 aromatic carbocycles. The van der Waals surface area contributed by atoms with E-state index in [2.05, 4.69) is 20.3 Å². The molecule has 9 heteroatoms. The SMILES string of the molecule is CCOc1nc(C(F)(F)F)ncc1C1=NCC(c2ccc(Cl)cc2)N1. The second-order valence-electron chi connectivity index (χ2n) is 5.28. The second kappa shape index (κ2) is 6.87. The lowest BCUT2D eigenvalue weighted by Gasteiger charge is -2.15. The molecule has 0 bridgehead atoms. The Morgan fingerprint density at radius 2 is 2.00 bits per heavy atom. The van der Waals surface area contributed by atoms with Crippen LogP contribution < -0.4 is 10.1 Å². The van der Waals surface area contributed by atoms with Gasteiger partial charge in [-0.15, -0.1) is 0 Å². The van der Waals surface area contributed by atoms with Gasteiger partial charge in [0.1, 0.15) is 5.84 Å². The zero-order valence-corrected chi connectivity index (χ0v) is 13.9. The molecule has 0 fully saturated rings. The molecule has 0 spiro atoms. The molecule has 0 aliphatic carbocycles. The number of nitrogens with one attached hydrogen (secondary N) is 1. The number of nitrogens with zero attached hydrogens (tertiary/aromatic N) is 3. The standard InChI is InChI=1S/C16H14ClF3N4O/c1-2-25-14-11(7-22-15(24-14)16(18,19)20)13-21-8-12(23-13)9-3-5-10(17)6-4-9/h3-7,12H,2,8H2,1H3,(H,21,23). The molecule has 5 nitrogen and oxygen atoms in total. The molecule has 1 aromatic heterocycles. The van der Waals surface area contributed by atoms with Gasteiger partial charge in [0.15, 0.2) is 0 Å². The summed E-state index contributed by atoms with van der Waals surface area (Å²) in [6, 6.07) is 7.16. The van der Waals surface area contributed by atoms with E-state index < -0.39 is 12.0 Å². The van der Waals surface area contributed by atoms with E-state index >= 15 is 0 Å². The van der Waals surface area contributed by atoms with Crippen molar-refractivity contribution in [1.82, 2.24) is 15.3 Å². The Balaban J connectivity index is 1.85. The number of aromatic nitrogens is 2. The maximum atomic E-state index is 12.8. The Hall–Kier alpha value is -2.35. The summed E-state index contributed by atoms with van der Waals surface area (Å²) in [5.41, 5.74) is 1.26. The number of alkyl halides is 3. The van der Waals surface area contributed by atoms with Crippen LogP contribution in [-0.2, 0) is 6.18 Å². The van der Waals surface area contributed by atoms with Gasteiger partial charge in [0.05, 0.1) is 24.8 Å². The zero-order valence-electron chi connectivity index (χ0n) is 13.1. The van der Waals surface area contributed by atoms with Gasteiger partial charge in [0.25, 0.3) is 0 Å². The molecule has 1 aliphatic rings. The number of amidine groups is 1. The quantitative estimate of drug-likeness (QED) is 0.892. The highest BCUT2D eigenvalue weighted by atomic mass is 35.5. The molecule has 1 atom stereocenters. The van der Waals surface area contributed by atoms with Crippen LogP contribution in [0.2, 0.25) is 5.02 Å². The average Bonchev–Trinajstić information content (AvgIpc) is 3.05. The minimum absolute atomic E-state index is 0.107. The fraction of sp³-hybridized carbons (Fsp3) is 0.312. The summed E-state index contributed by atoms with van der Waals surface area (Å²) in [5.74, 6) is -0.988. The van der Waals surface area contributed by atoms with Crippen molar-refractivity contribution in [2.45, 2.75) is 19.1 Å². The third kappa shape index (κ3) is 3.84. The highest BCUT2D eigenvalue weighted by Crippen LogP contribution is 2.29. The van der Waals surface area contributed by atoms with E-state index in [1.807, 2.05) is 12.1 Å². The lowest BCUT2D eigenvalue weighted by Crippen LogP contribution is -2.25. The van der Waals surface area contributed by atoms with Crippen LogP contribution in [0.1, 0.15) is 29.9 Å². The Morgan fingerprint density at radius 3 is 2.64 bits per heavy atom. The van der Waals surface area contributed by atoms with Gasteiger partial charge < -0.3 is 10.1 Å². The zero-order chi connectivity index (χ0) is 18.0. The van der Waals surface area contributed by atoms with Crippen molar-refractivity contribution in [3.8, 4) is 5.88 Å². The van der Waals surface area contributed by atoms with Gasteiger partial charge in [-0.05, 0) is 24.6 Å². The summed E-state index contributed by atoms with van der Waals surface area (Å²) in [6.45, 7) is 2.28. The lowest BCUT2D eigenvalue weighted by molar-refractivity contribution is -0.145. The summed E-state index contributed by atoms with van der Waals surface area (Å²) in [5, 5.41) is 3.79. The van der Waals surface area contributed by atoms with Crippen LogP contribution in [0.25, 0.3) is 0 Å². The minimum atomic E-state index is -4.64. The Labute approximate surface area is 146 Å². The third-order valence-electron chi connectivity index (χ3n) is 3.56. The molecule has 25 heavy (non-hydrogen) atoms. The van der Waals surface area contributed by atoms with Crippen molar-refractivity contribution in [2.24, 2.45) is 4.99 Å². The van der Waals surface area contributed by atoms with E-state index in [1.54, 1.807) is 19.1 Å². The van der Waals surface area contributed by atoms with E-state index in [1.165, 1.54) is 0 Å². The number of rotatable bonds is 4. The number of ether oxygens (including phenoxy) is 1.